The predicted molar refractivity (Wildman–Crippen MR) is 77.1 cm³/mol. The Morgan fingerprint density at radius 1 is 1.52 bits per heavy atom. The van der Waals surface area contributed by atoms with E-state index in [1.165, 1.54) is 20.7 Å². The summed E-state index contributed by atoms with van der Waals surface area (Å²) in [4.78, 5) is 29.3. The molecule has 0 aliphatic heterocycles. The average molecular weight is 304 g/mol. The van der Waals surface area contributed by atoms with Crippen LogP contribution in [0.15, 0.2) is 4.79 Å². The van der Waals surface area contributed by atoms with E-state index in [1.54, 1.807) is 0 Å². The second-order valence-corrected chi connectivity index (χ2v) is 6.56. The summed E-state index contributed by atoms with van der Waals surface area (Å²) >= 11 is 1.53. The maximum Gasteiger partial charge on any atom is 0.360 e. The minimum atomic E-state index is -1.20. The highest BCUT2D eigenvalue weighted by Gasteiger charge is 2.25. The molecule has 0 spiro atoms. The van der Waals surface area contributed by atoms with Gasteiger partial charge in [-0.3, -0.25) is 4.79 Å². The Morgan fingerprint density at radius 3 is 3.10 bits per heavy atom. The van der Waals surface area contributed by atoms with Crippen molar-refractivity contribution in [3.05, 3.63) is 26.5 Å². The second kappa shape index (κ2) is 4.14. The number of carbonyl (C=O) groups is 1. The van der Waals surface area contributed by atoms with Crippen molar-refractivity contribution in [2.45, 2.75) is 26.2 Å². The van der Waals surface area contributed by atoms with E-state index in [0.29, 0.717) is 16.1 Å². The number of aromatic nitrogens is 4. The number of aromatic amines is 1. The van der Waals surface area contributed by atoms with Crippen LogP contribution < -0.4 is 5.56 Å². The molecular weight excluding hydrogens is 292 g/mol. The largest absolute Gasteiger partial charge is 0.476 e. The second-order valence-electron chi connectivity index (χ2n) is 5.47. The van der Waals surface area contributed by atoms with Crippen LogP contribution in [-0.2, 0) is 12.8 Å². The van der Waals surface area contributed by atoms with Crippen molar-refractivity contribution in [3.63, 3.8) is 0 Å². The number of aromatic carboxylic acids is 1. The first-order valence-electron chi connectivity index (χ1n) is 6.71. The van der Waals surface area contributed by atoms with Crippen molar-refractivity contribution < 1.29 is 9.90 Å². The fourth-order valence-corrected chi connectivity index (χ4v) is 4.42. The third kappa shape index (κ3) is 1.65. The van der Waals surface area contributed by atoms with Gasteiger partial charge in [-0.2, -0.15) is 4.98 Å². The molecule has 7 nitrogen and oxygen atoms in total. The number of carboxylic acid groups (broad SMARTS) is 1. The van der Waals surface area contributed by atoms with E-state index in [2.05, 4.69) is 22.2 Å². The summed E-state index contributed by atoms with van der Waals surface area (Å²) in [6.07, 6.45) is 2.89. The molecule has 1 atom stereocenters. The lowest BCUT2D eigenvalue weighted by molar-refractivity contribution is 0.0692. The Kier molecular flexibility index (Phi) is 2.47. The standard InChI is InChI=1S/C13H12N4O3S/c1-5-2-3-6-7(4-5)21-12-8(6)11(18)14-10-9(13(19)20)15-16-17(10)12/h5,16H,2-4H2,1H3,(H,19,20). The molecule has 3 heterocycles. The Hall–Kier alpha value is -2.22. The molecule has 0 fully saturated rings. The molecule has 0 saturated carbocycles. The Morgan fingerprint density at radius 2 is 2.33 bits per heavy atom. The van der Waals surface area contributed by atoms with Gasteiger partial charge >= 0.3 is 5.97 Å². The van der Waals surface area contributed by atoms with Crippen molar-refractivity contribution in [1.29, 1.82) is 0 Å². The van der Waals surface area contributed by atoms with Crippen LogP contribution >= 0.6 is 11.3 Å². The van der Waals surface area contributed by atoms with E-state index < -0.39 is 5.97 Å². The number of fused-ring (bicyclic) bond motifs is 5. The number of nitrogens with zero attached hydrogens (tertiary/aromatic N) is 3. The number of carboxylic acids is 1. The van der Waals surface area contributed by atoms with Gasteiger partial charge in [0, 0.05) is 4.88 Å². The zero-order chi connectivity index (χ0) is 14.7. The molecule has 8 heteroatoms. The van der Waals surface area contributed by atoms with Gasteiger partial charge in [-0.15, -0.1) is 16.4 Å². The highest BCUT2D eigenvalue weighted by atomic mass is 32.1. The first-order valence-corrected chi connectivity index (χ1v) is 7.52. The van der Waals surface area contributed by atoms with E-state index >= 15 is 0 Å². The quantitative estimate of drug-likeness (QED) is 0.709. The topological polar surface area (TPSA) is 100 Å². The van der Waals surface area contributed by atoms with Gasteiger partial charge in [0.15, 0.2) is 5.65 Å². The molecule has 21 heavy (non-hydrogen) atoms. The minimum Gasteiger partial charge on any atom is -0.476 e. The molecule has 2 N–H and O–H groups in total. The number of nitrogens with one attached hydrogen (secondary N) is 1. The van der Waals surface area contributed by atoms with Crippen molar-refractivity contribution in [2.24, 2.45) is 5.92 Å². The molecule has 0 aromatic carbocycles. The molecule has 1 aliphatic rings. The normalized spacial score (nSPS) is 18.2. The zero-order valence-corrected chi connectivity index (χ0v) is 12.0. The SMILES string of the molecule is CC1CCc2c(sc3c2c(=O)nc2c(C(=O)O)n[nH]n23)C1. The first-order chi connectivity index (χ1) is 10.1. The van der Waals surface area contributed by atoms with Crippen LogP contribution in [0.2, 0.25) is 0 Å². The van der Waals surface area contributed by atoms with Crippen molar-refractivity contribution in [2.75, 3.05) is 0 Å². The van der Waals surface area contributed by atoms with Gasteiger partial charge in [0.2, 0.25) is 5.69 Å². The summed E-state index contributed by atoms with van der Waals surface area (Å²) in [6.45, 7) is 2.20. The van der Waals surface area contributed by atoms with Gasteiger partial charge in [-0.25, -0.2) is 14.5 Å². The van der Waals surface area contributed by atoms with Gasteiger partial charge in [0.25, 0.3) is 5.56 Å². The summed E-state index contributed by atoms with van der Waals surface area (Å²) in [5.41, 5.74) is 0.563. The lowest BCUT2D eigenvalue weighted by Gasteiger charge is -2.17. The Bertz CT molecular complexity index is 952. The number of hydrogen-bond acceptors (Lipinski definition) is 5. The molecule has 0 saturated heterocycles. The fourth-order valence-electron chi connectivity index (χ4n) is 2.96. The highest BCUT2D eigenvalue weighted by molar-refractivity contribution is 7.18. The molecule has 108 valence electrons. The van der Waals surface area contributed by atoms with Gasteiger partial charge in [-0.05, 0) is 30.7 Å². The average Bonchev–Trinajstić information content (AvgIpc) is 2.98. The maximum absolute atomic E-state index is 12.3. The van der Waals surface area contributed by atoms with E-state index in [0.717, 1.165) is 24.8 Å². The van der Waals surface area contributed by atoms with Crippen molar-refractivity contribution in [1.82, 2.24) is 19.8 Å². The third-order valence-electron chi connectivity index (χ3n) is 4.01. The molecule has 0 amide bonds. The number of rotatable bonds is 1. The molecule has 3 aromatic heterocycles. The van der Waals surface area contributed by atoms with E-state index in [1.807, 2.05) is 0 Å². The summed E-state index contributed by atoms with van der Waals surface area (Å²) in [6, 6.07) is 0. The van der Waals surface area contributed by atoms with Crippen LogP contribution in [0.1, 0.15) is 34.3 Å². The number of aryl methyl sites for hydroxylation is 1. The third-order valence-corrected chi connectivity index (χ3v) is 5.25. The van der Waals surface area contributed by atoms with Crippen LogP contribution in [0.25, 0.3) is 15.9 Å². The summed E-state index contributed by atoms with van der Waals surface area (Å²) in [5, 5.41) is 16.1. The van der Waals surface area contributed by atoms with E-state index in [-0.39, 0.29) is 16.9 Å². The lowest BCUT2D eigenvalue weighted by atomic mass is 9.89. The molecule has 4 rings (SSSR count). The summed E-state index contributed by atoms with van der Waals surface area (Å²) in [7, 11) is 0. The Labute approximate surface area is 122 Å². The van der Waals surface area contributed by atoms with Crippen LogP contribution in [0, 0.1) is 5.92 Å². The Balaban J connectivity index is 2.13. The van der Waals surface area contributed by atoms with Crippen LogP contribution in [0.3, 0.4) is 0 Å². The summed E-state index contributed by atoms with van der Waals surface area (Å²) < 4.78 is 1.51. The van der Waals surface area contributed by atoms with Gasteiger partial charge < -0.3 is 5.11 Å². The maximum atomic E-state index is 12.3. The predicted octanol–water partition coefficient (Wildman–Crippen LogP) is 1.46. The summed E-state index contributed by atoms with van der Waals surface area (Å²) in [5.74, 6) is -0.597. The van der Waals surface area contributed by atoms with Crippen molar-refractivity contribution >= 4 is 33.2 Å². The van der Waals surface area contributed by atoms with Crippen LogP contribution in [-0.4, -0.2) is 30.9 Å². The first kappa shape index (κ1) is 12.5. The van der Waals surface area contributed by atoms with Crippen molar-refractivity contribution in [3.8, 4) is 0 Å². The molecule has 1 aliphatic carbocycles. The number of thiophene rings is 1. The van der Waals surface area contributed by atoms with Crippen LogP contribution in [0.4, 0.5) is 0 Å². The monoisotopic (exact) mass is 304 g/mol. The number of hydrogen-bond donors (Lipinski definition) is 2. The highest BCUT2D eigenvalue weighted by Crippen LogP contribution is 2.36. The molecule has 0 bridgehead atoms. The lowest BCUT2D eigenvalue weighted by Crippen LogP contribution is -2.14. The minimum absolute atomic E-state index is 0.0756. The molecule has 3 aromatic rings. The van der Waals surface area contributed by atoms with Gasteiger partial charge in [-0.1, -0.05) is 6.92 Å². The molecule has 0 radical (unpaired) electrons. The smallest absolute Gasteiger partial charge is 0.360 e. The number of H-pyrrole nitrogens is 1. The molecular formula is C13H12N4O3S. The van der Waals surface area contributed by atoms with Gasteiger partial charge in [0.05, 0.1) is 5.39 Å². The van der Waals surface area contributed by atoms with E-state index in [4.69, 9.17) is 5.11 Å². The van der Waals surface area contributed by atoms with Crippen LogP contribution in [0.5, 0.6) is 0 Å². The fraction of sp³-hybridized carbons (Fsp3) is 0.385. The molecule has 1 unspecified atom stereocenters. The van der Waals surface area contributed by atoms with E-state index in [9.17, 15) is 9.59 Å². The van der Waals surface area contributed by atoms with Gasteiger partial charge in [0.1, 0.15) is 4.83 Å². The zero-order valence-electron chi connectivity index (χ0n) is 11.2.